The molecule has 0 aliphatic rings. The largest absolute Gasteiger partial charge is 0.490 e. The standard InChI is InChI=1S/C23H23FN4O3/c1-27(2)9-4-10-30-19-13-25-22(26-14-19)17-6-3-5-16(11-17)15-28-20-12-18(24)7-8-21(20)31-23(28)29/h3,5-8,11-14H,4,9-10,15H2,1-2H3. The van der Waals surface area contributed by atoms with Crippen LogP contribution in [0.15, 0.2) is 64.1 Å². The van der Waals surface area contributed by atoms with Gasteiger partial charge < -0.3 is 14.1 Å². The second-order valence-electron chi connectivity index (χ2n) is 7.51. The lowest BCUT2D eigenvalue weighted by molar-refractivity contribution is 0.280. The number of hydrogen-bond acceptors (Lipinski definition) is 6. The first-order chi connectivity index (χ1) is 15.0. The molecule has 0 radical (unpaired) electrons. The molecule has 0 saturated carbocycles. The zero-order chi connectivity index (χ0) is 21.8. The summed E-state index contributed by atoms with van der Waals surface area (Å²) in [6.45, 7) is 1.80. The SMILES string of the molecule is CN(C)CCCOc1cnc(-c2cccc(Cn3c(=O)oc4ccc(F)cc43)c2)nc1. The van der Waals surface area contributed by atoms with Crippen LogP contribution in [0.5, 0.6) is 5.75 Å². The van der Waals surface area contributed by atoms with E-state index in [0.29, 0.717) is 29.3 Å². The number of oxazole rings is 1. The molecule has 8 heteroatoms. The number of rotatable bonds is 8. The van der Waals surface area contributed by atoms with E-state index >= 15 is 0 Å². The van der Waals surface area contributed by atoms with Gasteiger partial charge in [0.25, 0.3) is 0 Å². The van der Waals surface area contributed by atoms with Gasteiger partial charge in [-0.05, 0) is 44.3 Å². The van der Waals surface area contributed by atoms with E-state index in [4.69, 9.17) is 9.15 Å². The molecule has 0 N–H and O–H groups in total. The number of hydrogen-bond donors (Lipinski definition) is 0. The monoisotopic (exact) mass is 422 g/mol. The molecule has 2 aromatic carbocycles. The summed E-state index contributed by atoms with van der Waals surface area (Å²) < 4.78 is 25.9. The van der Waals surface area contributed by atoms with Gasteiger partial charge in [-0.3, -0.25) is 4.57 Å². The number of aromatic nitrogens is 3. The Hall–Kier alpha value is -3.52. The summed E-state index contributed by atoms with van der Waals surface area (Å²) >= 11 is 0. The minimum Gasteiger partial charge on any atom is -0.490 e. The second kappa shape index (κ2) is 9.09. The van der Waals surface area contributed by atoms with Crippen LogP contribution in [0.25, 0.3) is 22.5 Å². The second-order valence-corrected chi connectivity index (χ2v) is 7.51. The van der Waals surface area contributed by atoms with Gasteiger partial charge in [-0.25, -0.2) is 19.2 Å². The van der Waals surface area contributed by atoms with E-state index in [2.05, 4.69) is 14.9 Å². The molecule has 4 aromatic rings. The van der Waals surface area contributed by atoms with Gasteiger partial charge in [0, 0.05) is 18.2 Å². The number of ether oxygens (including phenoxy) is 1. The Morgan fingerprint density at radius 2 is 1.94 bits per heavy atom. The molecule has 0 amide bonds. The van der Waals surface area contributed by atoms with E-state index in [1.165, 1.54) is 22.8 Å². The Balaban J connectivity index is 1.50. The van der Waals surface area contributed by atoms with Crippen molar-refractivity contribution in [3.63, 3.8) is 0 Å². The molecule has 2 heterocycles. The fourth-order valence-electron chi connectivity index (χ4n) is 3.29. The highest BCUT2D eigenvalue weighted by Gasteiger charge is 2.11. The molecule has 31 heavy (non-hydrogen) atoms. The van der Waals surface area contributed by atoms with Gasteiger partial charge in [-0.2, -0.15) is 0 Å². The zero-order valence-corrected chi connectivity index (χ0v) is 17.4. The summed E-state index contributed by atoms with van der Waals surface area (Å²) in [7, 11) is 4.05. The molecule has 0 saturated heterocycles. The topological polar surface area (TPSA) is 73.4 Å². The summed E-state index contributed by atoms with van der Waals surface area (Å²) in [4.78, 5) is 23.1. The summed E-state index contributed by atoms with van der Waals surface area (Å²) in [6.07, 6.45) is 4.23. The minimum absolute atomic E-state index is 0.246. The van der Waals surface area contributed by atoms with Gasteiger partial charge in [-0.15, -0.1) is 0 Å². The van der Waals surface area contributed by atoms with Crippen molar-refractivity contribution in [2.24, 2.45) is 0 Å². The number of nitrogens with zero attached hydrogens (tertiary/aromatic N) is 4. The molecule has 0 bridgehead atoms. The maximum Gasteiger partial charge on any atom is 0.420 e. The lowest BCUT2D eigenvalue weighted by Crippen LogP contribution is -2.15. The Morgan fingerprint density at radius 3 is 2.71 bits per heavy atom. The van der Waals surface area contributed by atoms with Crippen molar-refractivity contribution in [3.8, 4) is 17.1 Å². The molecule has 7 nitrogen and oxygen atoms in total. The molecule has 160 valence electrons. The normalized spacial score (nSPS) is 11.4. The molecule has 4 rings (SSSR count). The highest BCUT2D eigenvalue weighted by atomic mass is 19.1. The zero-order valence-electron chi connectivity index (χ0n) is 17.4. The van der Waals surface area contributed by atoms with Crippen LogP contribution in [-0.4, -0.2) is 46.7 Å². The van der Waals surface area contributed by atoms with E-state index < -0.39 is 11.6 Å². The van der Waals surface area contributed by atoms with Crippen LogP contribution in [0, 0.1) is 5.82 Å². The predicted octanol–water partition coefficient (Wildman–Crippen LogP) is 3.57. The highest BCUT2D eigenvalue weighted by molar-refractivity contribution is 5.73. The van der Waals surface area contributed by atoms with Crippen molar-refractivity contribution in [3.05, 3.63) is 76.8 Å². The van der Waals surface area contributed by atoms with Crippen LogP contribution in [0.3, 0.4) is 0 Å². The summed E-state index contributed by atoms with van der Waals surface area (Å²) in [6, 6.07) is 11.6. The fourth-order valence-corrected chi connectivity index (χ4v) is 3.29. The fraction of sp³-hybridized carbons (Fsp3) is 0.261. The van der Waals surface area contributed by atoms with Gasteiger partial charge in [0.2, 0.25) is 0 Å². The number of fused-ring (bicyclic) bond motifs is 1. The van der Waals surface area contributed by atoms with Crippen LogP contribution in [0.4, 0.5) is 4.39 Å². The highest BCUT2D eigenvalue weighted by Crippen LogP contribution is 2.20. The van der Waals surface area contributed by atoms with Crippen LogP contribution in [0.1, 0.15) is 12.0 Å². The van der Waals surface area contributed by atoms with Crippen molar-refractivity contribution >= 4 is 11.1 Å². The Labute approximate surface area is 178 Å². The smallest absolute Gasteiger partial charge is 0.420 e. The van der Waals surface area contributed by atoms with E-state index in [1.807, 2.05) is 38.4 Å². The van der Waals surface area contributed by atoms with Crippen LogP contribution < -0.4 is 10.5 Å². The van der Waals surface area contributed by atoms with E-state index in [0.717, 1.165) is 24.1 Å². The van der Waals surface area contributed by atoms with Crippen molar-refractivity contribution < 1.29 is 13.5 Å². The lowest BCUT2D eigenvalue weighted by Gasteiger charge is -2.10. The van der Waals surface area contributed by atoms with Crippen LogP contribution in [0.2, 0.25) is 0 Å². The van der Waals surface area contributed by atoms with Crippen LogP contribution >= 0.6 is 0 Å². The first-order valence-corrected chi connectivity index (χ1v) is 9.97. The summed E-state index contributed by atoms with van der Waals surface area (Å²) in [5.74, 6) is 0.223. The summed E-state index contributed by atoms with van der Waals surface area (Å²) in [5.41, 5.74) is 2.43. The molecule has 0 aliphatic carbocycles. The minimum atomic E-state index is -0.530. The number of halogens is 1. The molecule has 0 unspecified atom stereocenters. The molecule has 0 fully saturated rings. The van der Waals surface area contributed by atoms with Gasteiger partial charge in [0.1, 0.15) is 5.82 Å². The average molecular weight is 422 g/mol. The molecule has 0 aliphatic heterocycles. The average Bonchev–Trinajstić information content (AvgIpc) is 3.06. The quantitative estimate of drug-likeness (QED) is 0.404. The molecule has 2 aromatic heterocycles. The van der Waals surface area contributed by atoms with Crippen molar-refractivity contribution in [2.45, 2.75) is 13.0 Å². The van der Waals surface area contributed by atoms with E-state index in [1.54, 1.807) is 12.4 Å². The molecule has 0 atom stereocenters. The Morgan fingerprint density at radius 1 is 1.13 bits per heavy atom. The third kappa shape index (κ3) is 4.97. The van der Waals surface area contributed by atoms with Crippen molar-refractivity contribution in [2.75, 3.05) is 27.2 Å². The third-order valence-corrected chi connectivity index (χ3v) is 4.80. The predicted molar refractivity (Wildman–Crippen MR) is 116 cm³/mol. The van der Waals surface area contributed by atoms with Crippen molar-refractivity contribution in [1.82, 2.24) is 19.4 Å². The maximum atomic E-state index is 13.6. The van der Waals surface area contributed by atoms with E-state index in [9.17, 15) is 9.18 Å². The van der Waals surface area contributed by atoms with Gasteiger partial charge in [0.05, 0.1) is 31.1 Å². The maximum absolute atomic E-state index is 13.6. The number of benzene rings is 2. The molecular formula is C23H23FN4O3. The molecule has 0 spiro atoms. The van der Waals surface area contributed by atoms with Crippen LogP contribution in [-0.2, 0) is 6.54 Å². The van der Waals surface area contributed by atoms with Gasteiger partial charge in [0.15, 0.2) is 17.2 Å². The first kappa shape index (κ1) is 20.7. The van der Waals surface area contributed by atoms with Crippen molar-refractivity contribution in [1.29, 1.82) is 0 Å². The third-order valence-electron chi connectivity index (χ3n) is 4.80. The Kier molecular flexibility index (Phi) is 6.08. The lowest BCUT2D eigenvalue weighted by atomic mass is 10.1. The Bertz CT molecular complexity index is 1230. The first-order valence-electron chi connectivity index (χ1n) is 9.97. The van der Waals surface area contributed by atoms with E-state index in [-0.39, 0.29) is 6.54 Å². The summed E-state index contributed by atoms with van der Waals surface area (Å²) in [5, 5.41) is 0. The van der Waals surface area contributed by atoms with Gasteiger partial charge >= 0.3 is 5.76 Å². The van der Waals surface area contributed by atoms with Gasteiger partial charge in [-0.1, -0.05) is 18.2 Å². The molecular weight excluding hydrogens is 399 g/mol.